The van der Waals surface area contributed by atoms with Gasteiger partial charge in [-0.25, -0.2) is 9.78 Å². The second-order valence-electron chi connectivity index (χ2n) is 10.7. The Bertz CT molecular complexity index is 1530. The molecule has 43 heavy (non-hydrogen) atoms. The van der Waals surface area contributed by atoms with E-state index in [0.717, 1.165) is 15.9 Å². The first-order chi connectivity index (χ1) is 20.6. The van der Waals surface area contributed by atoms with Crippen molar-refractivity contribution in [1.29, 1.82) is 0 Å². The first-order valence-corrected chi connectivity index (χ1v) is 16.4. The maximum atomic E-state index is 12.4. The SMILES string of the molecule is COCOc1cc(C=Cc2nc(OC)ccc2O[Si](c2ccccc2)(c2ccccc2)C(C)(C)C)c(Br)cc1C(=O)OC. The number of aromatic nitrogens is 1. The summed E-state index contributed by atoms with van der Waals surface area (Å²) >= 11 is 3.59. The molecule has 0 aliphatic heterocycles. The molecule has 0 aliphatic rings. The first kappa shape index (κ1) is 32.0. The summed E-state index contributed by atoms with van der Waals surface area (Å²) in [4.78, 5) is 17.2. The molecule has 0 amide bonds. The van der Waals surface area contributed by atoms with Crippen LogP contribution in [0.5, 0.6) is 17.4 Å². The quantitative estimate of drug-likeness (QED) is 0.100. The van der Waals surface area contributed by atoms with Crippen molar-refractivity contribution in [3.63, 3.8) is 0 Å². The minimum Gasteiger partial charge on any atom is -0.533 e. The van der Waals surface area contributed by atoms with Gasteiger partial charge in [0.25, 0.3) is 0 Å². The van der Waals surface area contributed by atoms with Crippen molar-refractivity contribution in [3.05, 3.63) is 106 Å². The molecule has 0 aliphatic carbocycles. The number of pyridine rings is 1. The number of carbonyl (C=O) groups is 1. The maximum absolute atomic E-state index is 12.4. The Morgan fingerprint density at radius 1 is 0.860 bits per heavy atom. The molecule has 0 bridgehead atoms. The molecule has 0 N–H and O–H groups in total. The van der Waals surface area contributed by atoms with Gasteiger partial charge in [-0.05, 0) is 45.3 Å². The molecule has 7 nitrogen and oxygen atoms in total. The summed E-state index contributed by atoms with van der Waals surface area (Å²) in [6.07, 6.45) is 3.75. The molecule has 0 radical (unpaired) electrons. The Kier molecular flexibility index (Phi) is 10.4. The van der Waals surface area contributed by atoms with Crippen molar-refractivity contribution < 1.29 is 28.2 Å². The van der Waals surface area contributed by atoms with Crippen LogP contribution in [0.3, 0.4) is 0 Å². The van der Waals surface area contributed by atoms with E-state index in [-0.39, 0.29) is 17.4 Å². The van der Waals surface area contributed by atoms with Gasteiger partial charge in [0, 0.05) is 17.6 Å². The molecule has 9 heteroatoms. The van der Waals surface area contributed by atoms with Gasteiger partial charge in [0.15, 0.2) is 6.79 Å². The lowest BCUT2D eigenvalue weighted by molar-refractivity contribution is 0.0465. The zero-order chi connectivity index (χ0) is 31.0. The largest absolute Gasteiger partial charge is 0.533 e. The molecule has 0 unspecified atom stereocenters. The smallest absolute Gasteiger partial charge is 0.341 e. The molecule has 224 valence electrons. The van der Waals surface area contributed by atoms with E-state index >= 15 is 0 Å². The molecule has 3 aromatic carbocycles. The van der Waals surface area contributed by atoms with Crippen LogP contribution in [0, 0.1) is 0 Å². The van der Waals surface area contributed by atoms with E-state index in [1.54, 1.807) is 19.2 Å². The van der Waals surface area contributed by atoms with E-state index in [1.807, 2.05) is 36.4 Å². The number of ether oxygens (including phenoxy) is 4. The van der Waals surface area contributed by atoms with E-state index in [1.165, 1.54) is 14.2 Å². The van der Waals surface area contributed by atoms with Gasteiger partial charge in [-0.1, -0.05) is 103 Å². The second kappa shape index (κ2) is 14.0. The predicted octanol–water partition coefficient (Wildman–Crippen LogP) is 6.73. The number of nitrogens with zero attached hydrogens (tertiary/aromatic N) is 1. The Balaban J connectivity index is 1.86. The molecule has 0 fully saturated rings. The number of rotatable bonds is 11. The van der Waals surface area contributed by atoms with Crippen molar-refractivity contribution in [2.24, 2.45) is 0 Å². The van der Waals surface area contributed by atoms with Gasteiger partial charge in [0.05, 0.1) is 14.2 Å². The average molecular weight is 663 g/mol. The third kappa shape index (κ3) is 7.01. The van der Waals surface area contributed by atoms with Crippen LogP contribution in [-0.2, 0) is 9.47 Å². The summed E-state index contributed by atoms with van der Waals surface area (Å²) < 4.78 is 29.1. The summed E-state index contributed by atoms with van der Waals surface area (Å²) in [6, 6.07) is 28.0. The number of methoxy groups -OCH3 is 3. The van der Waals surface area contributed by atoms with Gasteiger partial charge in [-0.3, -0.25) is 0 Å². The van der Waals surface area contributed by atoms with Crippen LogP contribution < -0.4 is 24.3 Å². The zero-order valence-electron chi connectivity index (χ0n) is 25.2. The number of esters is 1. The monoisotopic (exact) mass is 661 g/mol. The summed E-state index contributed by atoms with van der Waals surface area (Å²) in [5.74, 6) is 0.903. The van der Waals surface area contributed by atoms with Crippen LogP contribution in [-0.4, -0.2) is 47.4 Å². The third-order valence-corrected chi connectivity index (χ3v) is 12.6. The molecule has 0 atom stereocenters. The fourth-order valence-electron chi connectivity index (χ4n) is 4.95. The molecule has 1 aromatic heterocycles. The van der Waals surface area contributed by atoms with Gasteiger partial charge in [-0.2, -0.15) is 0 Å². The van der Waals surface area contributed by atoms with Crippen LogP contribution >= 0.6 is 15.9 Å². The van der Waals surface area contributed by atoms with E-state index in [2.05, 4.69) is 85.2 Å². The van der Waals surface area contributed by atoms with Gasteiger partial charge in [0.2, 0.25) is 5.88 Å². The van der Waals surface area contributed by atoms with Gasteiger partial charge >= 0.3 is 14.3 Å². The van der Waals surface area contributed by atoms with Crippen LogP contribution in [0.4, 0.5) is 0 Å². The lowest BCUT2D eigenvalue weighted by atomic mass is 10.1. The number of halogens is 1. The first-order valence-electron chi connectivity index (χ1n) is 13.7. The highest BCUT2D eigenvalue weighted by molar-refractivity contribution is 9.10. The van der Waals surface area contributed by atoms with Crippen molar-refractivity contribution in [2.75, 3.05) is 28.1 Å². The number of benzene rings is 3. The molecule has 4 rings (SSSR count). The van der Waals surface area contributed by atoms with Crippen LogP contribution in [0.25, 0.3) is 12.2 Å². The summed E-state index contributed by atoms with van der Waals surface area (Å²) in [5.41, 5.74) is 1.62. The molecule has 0 spiro atoms. The Labute approximate surface area is 262 Å². The summed E-state index contributed by atoms with van der Waals surface area (Å²) in [6.45, 7) is 6.66. The van der Waals surface area contributed by atoms with E-state index in [4.69, 9.17) is 28.4 Å². The van der Waals surface area contributed by atoms with Crippen LogP contribution in [0.1, 0.15) is 42.4 Å². The number of hydrogen-bond donors (Lipinski definition) is 0. The van der Waals surface area contributed by atoms with Gasteiger partial charge < -0.3 is 23.4 Å². The summed E-state index contributed by atoms with van der Waals surface area (Å²) in [5, 5.41) is 2.07. The molecule has 1 heterocycles. The minimum absolute atomic E-state index is 0.0251. The van der Waals surface area contributed by atoms with E-state index in [9.17, 15) is 4.79 Å². The van der Waals surface area contributed by atoms with E-state index in [0.29, 0.717) is 27.5 Å². The normalized spacial score (nSPS) is 11.8. The Morgan fingerprint density at radius 3 is 2.02 bits per heavy atom. The molecule has 0 saturated carbocycles. The molecule has 0 saturated heterocycles. The number of hydrogen-bond acceptors (Lipinski definition) is 7. The fourth-order valence-corrected chi connectivity index (χ4v) is 9.86. The van der Waals surface area contributed by atoms with E-state index < -0.39 is 14.3 Å². The van der Waals surface area contributed by atoms with Crippen LogP contribution in [0.15, 0.2) is 89.4 Å². The Morgan fingerprint density at radius 2 is 1.49 bits per heavy atom. The molecule has 4 aromatic rings. The fraction of sp³-hybridized carbons (Fsp3) is 0.235. The van der Waals surface area contributed by atoms with Crippen molar-refractivity contribution in [1.82, 2.24) is 4.98 Å². The number of carbonyl (C=O) groups excluding carboxylic acids is 1. The summed E-state index contributed by atoms with van der Waals surface area (Å²) in [7, 11) is 1.50. The van der Waals surface area contributed by atoms with Crippen molar-refractivity contribution in [3.8, 4) is 17.4 Å². The highest BCUT2D eigenvalue weighted by atomic mass is 79.9. The van der Waals surface area contributed by atoms with Crippen molar-refractivity contribution in [2.45, 2.75) is 25.8 Å². The molecular formula is C34H36BrNO6Si. The predicted molar refractivity (Wildman–Crippen MR) is 176 cm³/mol. The third-order valence-electron chi connectivity index (χ3n) is 7.01. The topological polar surface area (TPSA) is 76.1 Å². The zero-order valence-corrected chi connectivity index (χ0v) is 27.8. The lowest BCUT2D eigenvalue weighted by Crippen LogP contribution is -2.68. The highest BCUT2D eigenvalue weighted by Gasteiger charge is 2.52. The second-order valence-corrected chi connectivity index (χ2v) is 15.8. The van der Waals surface area contributed by atoms with Gasteiger partial charge in [-0.15, -0.1) is 0 Å². The molecular weight excluding hydrogens is 626 g/mol. The van der Waals surface area contributed by atoms with Crippen molar-refractivity contribution >= 4 is 52.7 Å². The average Bonchev–Trinajstić information content (AvgIpc) is 3.02. The standard InChI is InChI=1S/C34H36BrNO6Si/c1-34(2,3)43(25-13-9-7-10-14-25,26-15-11-8-12-16-26)42-30-19-20-32(39-5)36-29(30)18-17-24-21-31(41-23-38-4)27(22-28(24)35)33(37)40-6/h7-22H,23H2,1-6H3. The van der Waals surface area contributed by atoms with Gasteiger partial charge in [0.1, 0.15) is 22.8 Å². The Hall–Kier alpha value is -3.92. The minimum atomic E-state index is -2.93. The highest BCUT2D eigenvalue weighted by Crippen LogP contribution is 2.39. The lowest BCUT2D eigenvalue weighted by Gasteiger charge is -2.43. The van der Waals surface area contributed by atoms with Crippen LogP contribution in [0.2, 0.25) is 5.04 Å². The maximum Gasteiger partial charge on any atom is 0.341 e.